The van der Waals surface area contributed by atoms with Crippen molar-refractivity contribution in [1.29, 1.82) is 0 Å². The number of benzene rings is 1. The van der Waals surface area contributed by atoms with Crippen LogP contribution in [-0.2, 0) is 14.8 Å². The summed E-state index contributed by atoms with van der Waals surface area (Å²) in [5, 5.41) is 2.82. The molecule has 21 heavy (non-hydrogen) atoms. The Hall–Kier alpha value is -1.40. The summed E-state index contributed by atoms with van der Waals surface area (Å²) >= 11 is 0. The van der Waals surface area contributed by atoms with Crippen molar-refractivity contribution in [2.45, 2.75) is 26.3 Å². The standard InChI is InChI=1S/C15H24N2O3S/c1-12(2)10-11-16-15(18)14(17(3)21(4,19)20)13-8-6-5-7-9-13/h5-9,12,14H,10-11H2,1-4H3,(H,16,18)/t14-/m1/s1. The maximum Gasteiger partial charge on any atom is 0.242 e. The summed E-state index contributed by atoms with van der Waals surface area (Å²) in [6.45, 7) is 4.68. The van der Waals surface area contributed by atoms with Gasteiger partial charge in [-0.2, -0.15) is 4.31 Å². The quantitative estimate of drug-likeness (QED) is 0.834. The highest BCUT2D eigenvalue weighted by Gasteiger charge is 2.30. The van der Waals surface area contributed by atoms with E-state index >= 15 is 0 Å². The molecule has 1 amide bonds. The molecule has 0 saturated heterocycles. The number of sulfonamides is 1. The number of nitrogens with zero attached hydrogens (tertiary/aromatic N) is 1. The summed E-state index contributed by atoms with van der Waals surface area (Å²) in [6, 6.07) is 8.09. The van der Waals surface area contributed by atoms with Crippen molar-refractivity contribution >= 4 is 15.9 Å². The van der Waals surface area contributed by atoms with Gasteiger partial charge in [0.1, 0.15) is 6.04 Å². The molecule has 0 saturated carbocycles. The van der Waals surface area contributed by atoms with Gasteiger partial charge in [-0.1, -0.05) is 44.2 Å². The van der Waals surface area contributed by atoms with Crippen LogP contribution in [0.25, 0.3) is 0 Å². The third-order valence-electron chi connectivity index (χ3n) is 3.27. The van der Waals surface area contributed by atoms with E-state index in [1.807, 2.05) is 6.07 Å². The first-order valence-electron chi connectivity index (χ1n) is 6.99. The number of carbonyl (C=O) groups is 1. The van der Waals surface area contributed by atoms with Crippen molar-refractivity contribution in [2.24, 2.45) is 5.92 Å². The summed E-state index contributed by atoms with van der Waals surface area (Å²) in [6.07, 6.45) is 1.96. The highest BCUT2D eigenvalue weighted by molar-refractivity contribution is 7.88. The molecule has 1 aromatic rings. The van der Waals surface area contributed by atoms with Gasteiger partial charge in [0, 0.05) is 13.6 Å². The van der Waals surface area contributed by atoms with E-state index < -0.39 is 16.1 Å². The van der Waals surface area contributed by atoms with E-state index in [9.17, 15) is 13.2 Å². The normalized spacial score (nSPS) is 13.4. The molecule has 0 heterocycles. The first-order chi connectivity index (χ1) is 9.73. The molecule has 6 heteroatoms. The Morgan fingerprint density at radius 3 is 2.29 bits per heavy atom. The smallest absolute Gasteiger partial charge is 0.242 e. The summed E-state index contributed by atoms with van der Waals surface area (Å²) in [5.74, 6) is 0.183. The maximum atomic E-state index is 12.4. The average Bonchev–Trinajstić information content (AvgIpc) is 2.38. The Morgan fingerprint density at radius 2 is 1.81 bits per heavy atom. The van der Waals surface area contributed by atoms with Gasteiger partial charge in [-0.3, -0.25) is 4.79 Å². The fourth-order valence-electron chi connectivity index (χ4n) is 1.93. The van der Waals surface area contributed by atoms with E-state index in [2.05, 4.69) is 19.2 Å². The van der Waals surface area contributed by atoms with Gasteiger partial charge in [-0.25, -0.2) is 8.42 Å². The van der Waals surface area contributed by atoms with Crippen molar-refractivity contribution in [3.05, 3.63) is 35.9 Å². The topological polar surface area (TPSA) is 66.5 Å². The molecule has 0 aromatic heterocycles. The van der Waals surface area contributed by atoms with Crippen LogP contribution in [0.3, 0.4) is 0 Å². The Balaban J connectivity index is 2.95. The van der Waals surface area contributed by atoms with Gasteiger partial charge in [0.2, 0.25) is 15.9 Å². The third-order valence-corrected chi connectivity index (χ3v) is 4.53. The fraction of sp³-hybridized carbons (Fsp3) is 0.533. The van der Waals surface area contributed by atoms with Gasteiger partial charge in [-0.05, 0) is 17.9 Å². The molecule has 0 spiro atoms. The minimum absolute atomic E-state index is 0.297. The van der Waals surface area contributed by atoms with Crippen LogP contribution in [0, 0.1) is 5.92 Å². The van der Waals surface area contributed by atoms with E-state index in [4.69, 9.17) is 0 Å². The molecule has 0 aliphatic heterocycles. The van der Waals surface area contributed by atoms with Crippen LogP contribution in [0.15, 0.2) is 30.3 Å². The highest BCUT2D eigenvalue weighted by atomic mass is 32.2. The number of nitrogens with one attached hydrogen (secondary N) is 1. The summed E-state index contributed by atoms with van der Waals surface area (Å²) < 4.78 is 24.7. The zero-order chi connectivity index (χ0) is 16.0. The van der Waals surface area contributed by atoms with Crippen LogP contribution >= 0.6 is 0 Å². The Morgan fingerprint density at radius 1 is 1.24 bits per heavy atom. The molecule has 1 atom stereocenters. The van der Waals surface area contributed by atoms with Crippen molar-refractivity contribution < 1.29 is 13.2 Å². The summed E-state index contributed by atoms with van der Waals surface area (Å²) in [7, 11) is -2.04. The number of carbonyl (C=O) groups excluding carboxylic acids is 1. The van der Waals surface area contributed by atoms with E-state index in [0.29, 0.717) is 18.0 Å². The summed E-state index contributed by atoms with van der Waals surface area (Å²) in [4.78, 5) is 12.4. The lowest BCUT2D eigenvalue weighted by Crippen LogP contribution is -2.41. The molecular weight excluding hydrogens is 288 g/mol. The van der Waals surface area contributed by atoms with Gasteiger partial charge in [0.05, 0.1) is 6.26 Å². The fourth-order valence-corrected chi connectivity index (χ4v) is 2.53. The minimum atomic E-state index is -3.46. The number of rotatable bonds is 7. The van der Waals surface area contributed by atoms with Gasteiger partial charge in [-0.15, -0.1) is 0 Å². The van der Waals surface area contributed by atoms with Crippen LogP contribution in [-0.4, -0.2) is 38.5 Å². The Bertz CT molecular complexity index is 556. The van der Waals surface area contributed by atoms with E-state index in [-0.39, 0.29) is 5.91 Å². The molecule has 0 unspecified atom stereocenters. The number of hydrogen-bond donors (Lipinski definition) is 1. The number of likely N-dealkylation sites (N-methyl/N-ethyl adjacent to an activating group) is 1. The lowest BCUT2D eigenvalue weighted by Gasteiger charge is -2.25. The monoisotopic (exact) mass is 312 g/mol. The second kappa shape index (κ2) is 7.56. The molecular formula is C15H24N2O3S. The lowest BCUT2D eigenvalue weighted by molar-refractivity contribution is -0.124. The molecule has 0 fully saturated rings. The number of amides is 1. The third kappa shape index (κ3) is 5.47. The molecule has 0 bridgehead atoms. The van der Waals surface area contributed by atoms with E-state index in [1.165, 1.54) is 7.05 Å². The first-order valence-corrected chi connectivity index (χ1v) is 8.84. The van der Waals surface area contributed by atoms with Crippen LogP contribution < -0.4 is 5.32 Å². The van der Waals surface area contributed by atoms with Crippen LogP contribution in [0.1, 0.15) is 31.9 Å². The van der Waals surface area contributed by atoms with Gasteiger partial charge >= 0.3 is 0 Å². The lowest BCUT2D eigenvalue weighted by atomic mass is 10.1. The molecule has 1 rings (SSSR count). The average molecular weight is 312 g/mol. The number of hydrogen-bond acceptors (Lipinski definition) is 3. The van der Waals surface area contributed by atoms with Gasteiger partial charge in [0.15, 0.2) is 0 Å². The van der Waals surface area contributed by atoms with Crippen molar-refractivity contribution in [3.8, 4) is 0 Å². The summed E-state index contributed by atoms with van der Waals surface area (Å²) in [5.41, 5.74) is 0.660. The maximum absolute atomic E-state index is 12.4. The molecule has 0 radical (unpaired) electrons. The van der Waals surface area contributed by atoms with Gasteiger partial charge < -0.3 is 5.32 Å². The largest absolute Gasteiger partial charge is 0.354 e. The van der Waals surface area contributed by atoms with Crippen molar-refractivity contribution in [2.75, 3.05) is 19.8 Å². The predicted molar refractivity (Wildman–Crippen MR) is 84.3 cm³/mol. The van der Waals surface area contributed by atoms with Gasteiger partial charge in [0.25, 0.3) is 0 Å². The Labute approximate surface area is 127 Å². The zero-order valence-corrected chi connectivity index (χ0v) is 13.9. The molecule has 1 aromatic carbocycles. The van der Waals surface area contributed by atoms with Crippen molar-refractivity contribution in [1.82, 2.24) is 9.62 Å². The molecule has 118 valence electrons. The van der Waals surface area contributed by atoms with Crippen LogP contribution in [0.4, 0.5) is 0 Å². The minimum Gasteiger partial charge on any atom is -0.354 e. The highest BCUT2D eigenvalue weighted by Crippen LogP contribution is 2.21. The zero-order valence-electron chi connectivity index (χ0n) is 13.0. The second-order valence-electron chi connectivity index (χ2n) is 5.57. The van der Waals surface area contributed by atoms with Crippen molar-refractivity contribution in [3.63, 3.8) is 0 Å². The van der Waals surface area contributed by atoms with E-state index in [1.54, 1.807) is 24.3 Å². The Kier molecular flexibility index (Phi) is 6.36. The second-order valence-corrected chi connectivity index (χ2v) is 7.61. The molecule has 1 N–H and O–H groups in total. The predicted octanol–water partition coefficient (Wildman–Crippen LogP) is 1.78. The molecule has 0 aliphatic carbocycles. The van der Waals surface area contributed by atoms with Crippen LogP contribution in [0.2, 0.25) is 0 Å². The van der Waals surface area contributed by atoms with E-state index in [0.717, 1.165) is 17.0 Å². The SMILES string of the molecule is CC(C)CCNC(=O)[C@@H](c1ccccc1)N(C)S(C)(=O)=O. The molecule has 0 aliphatic rings. The first kappa shape index (κ1) is 17.7. The molecule has 5 nitrogen and oxygen atoms in total. The van der Waals surface area contributed by atoms with Crippen LogP contribution in [0.5, 0.6) is 0 Å².